The molecule has 2 aliphatic rings. The number of nitrogens with zero attached hydrogens (tertiary/aromatic N) is 1. The molecule has 0 saturated carbocycles. The highest BCUT2D eigenvalue weighted by atomic mass is 16.7. The van der Waals surface area contributed by atoms with Gasteiger partial charge in [-0.3, -0.25) is 4.79 Å². The molecule has 1 saturated heterocycles. The highest BCUT2D eigenvalue weighted by Crippen LogP contribution is 2.32. The van der Waals surface area contributed by atoms with E-state index in [9.17, 15) is 9.59 Å². The van der Waals surface area contributed by atoms with E-state index in [2.05, 4.69) is 17.4 Å². The molecule has 4 rings (SSSR count). The summed E-state index contributed by atoms with van der Waals surface area (Å²) in [4.78, 5) is 25.3. The van der Waals surface area contributed by atoms with Gasteiger partial charge in [-0.15, -0.1) is 0 Å². The van der Waals surface area contributed by atoms with E-state index >= 15 is 0 Å². The number of piperidine rings is 1. The third kappa shape index (κ3) is 5.93. The minimum absolute atomic E-state index is 0.00941. The van der Waals surface area contributed by atoms with Crippen LogP contribution in [0.2, 0.25) is 0 Å². The second-order valence-electron chi connectivity index (χ2n) is 8.99. The zero-order valence-corrected chi connectivity index (χ0v) is 19.0. The molecule has 174 valence electrons. The van der Waals surface area contributed by atoms with E-state index in [-0.39, 0.29) is 5.91 Å². The molecule has 2 aromatic carbocycles. The number of rotatable bonds is 5. The van der Waals surface area contributed by atoms with Crippen LogP contribution in [0.25, 0.3) is 6.08 Å². The number of ether oxygens (including phenoxy) is 2. The Kier molecular flexibility index (Phi) is 6.70. The minimum atomic E-state index is -1.03. The van der Waals surface area contributed by atoms with E-state index in [1.54, 1.807) is 6.08 Å². The molecule has 2 aromatic rings. The van der Waals surface area contributed by atoms with Crippen LogP contribution in [0.4, 0.5) is 4.79 Å². The van der Waals surface area contributed by atoms with E-state index in [0.717, 1.165) is 35.3 Å². The predicted molar refractivity (Wildman–Crippen MR) is 125 cm³/mol. The smallest absolute Gasteiger partial charge is 0.404 e. The summed E-state index contributed by atoms with van der Waals surface area (Å²) >= 11 is 0. The van der Waals surface area contributed by atoms with E-state index in [1.807, 2.05) is 55.2 Å². The van der Waals surface area contributed by atoms with Crippen LogP contribution < -0.4 is 10.1 Å². The van der Waals surface area contributed by atoms with Gasteiger partial charge in [-0.2, -0.15) is 0 Å². The summed E-state index contributed by atoms with van der Waals surface area (Å²) in [5, 5.41) is 11.2. The van der Waals surface area contributed by atoms with Crippen molar-refractivity contribution >= 4 is 18.1 Å². The molecule has 2 N–H and O–H groups in total. The van der Waals surface area contributed by atoms with E-state index in [0.29, 0.717) is 32.2 Å². The van der Waals surface area contributed by atoms with Crippen molar-refractivity contribution in [2.45, 2.75) is 51.5 Å². The topological polar surface area (TPSA) is 88.1 Å². The summed E-state index contributed by atoms with van der Waals surface area (Å²) in [6, 6.07) is 13.9. The molecule has 0 aromatic heterocycles. The van der Waals surface area contributed by atoms with Gasteiger partial charge in [0, 0.05) is 45.1 Å². The fourth-order valence-electron chi connectivity index (χ4n) is 4.28. The molecular formula is C26H30N2O5. The van der Waals surface area contributed by atoms with E-state index < -0.39 is 11.9 Å². The normalized spacial score (nSPS) is 17.9. The number of carboxylic acid groups (broad SMARTS) is 1. The number of fused-ring (bicyclic) bond motifs is 1. The van der Waals surface area contributed by atoms with Crippen molar-refractivity contribution in [3.63, 3.8) is 0 Å². The Hall–Kier alpha value is -3.32. The highest BCUT2D eigenvalue weighted by Gasteiger charge is 2.27. The maximum Gasteiger partial charge on any atom is 0.404 e. The second-order valence-corrected chi connectivity index (χ2v) is 8.99. The van der Waals surface area contributed by atoms with Crippen molar-refractivity contribution in [2.75, 3.05) is 13.1 Å². The first-order valence-corrected chi connectivity index (χ1v) is 11.3. The van der Waals surface area contributed by atoms with Crippen molar-refractivity contribution in [1.82, 2.24) is 10.2 Å². The van der Waals surface area contributed by atoms with Gasteiger partial charge in [-0.1, -0.05) is 36.4 Å². The van der Waals surface area contributed by atoms with Crippen molar-refractivity contribution in [1.29, 1.82) is 0 Å². The van der Waals surface area contributed by atoms with Gasteiger partial charge in [-0.25, -0.2) is 4.79 Å². The molecule has 0 aliphatic carbocycles. The monoisotopic (exact) mass is 450 g/mol. The molecule has 0 spiro atoms. The van der Waals surface area contributed by atoms with Gasteiger partial charge in [0.25, 0.3) is 0 Å². The Morgan fingerprint density at radius 3 is 2.73 bits per heavy atom. The van der Waals surface area contributed by atoms with Crippen LogP contribution in [0.15, 0.2) is 48.5 Å². The summed E-state index contributed by atoms with van der Waals surface area (Å²) in [6.45, 7) is 5.97. The highest BCUT2D eigenvalue weighted by molar-refractivity contribution is 5.92. The average molecular weight is 451 g/mol. The lowest BCUT2D eigenvalue weighted by Crippen LogP contribution is -2.36. The first-order valence-electron chi connectivity index (χ1n) is 11.3. The second kappa shape index (κ2) is 9.67. The Balaban J connectivity index is 1.32. The van der Waals surface area contributed by atoms with E-state index in [1.165, 1.54) is 5.56 Å². The molecule has 33 heavy (non-hydrogen) atoms. The van der Waals surface area contributed by atoms with Gasteiger partial charge in [0.2, 0.25) is 11.7 Å². The summed E-state index contributed by atoms with van der Waals surface area (Å²) in [5.74, 6) is 0.519. The lowest BCUT2D eigenvalue weighted by Gasteiger charge is -2.32. The Bertz CT molecular complexity index is 1050. The number of benzene rings is 2. The van der Waals surface area contributed by atoms with Gasteiger partial charge in [-0.05, 0) is 47.6 Å². The molecule has 0 radical (unpaired) electrons. The molecular weight excluding hydrogens is 420 g/mol. The summed E-state index contributed by atoms with van der Waals surface area (Å²) < 4.78 is 11.5. The van der Waals surface area contributed by atoms with Crippen molar-refractivity contribution in [3.05, 3.63) is 70.8 Å². The number of likely N-dealkylation sites (tertiary alicyclic amines) is 1. The molecule has 0 unspecified atom stereocenters. The number of nitrogens with one attached hydrogen (secondary N) is 1. The quantitative estimate of drug-likeness (QED) is 0.654. The maximum absolute atomic E-state index is 12.7. The van der Waals surface area contributed by atoms with Gasteiger partial charge < -0.3 is 24.8 Å². The first kappa shape index (κ1) is 22.9. The minimum Gasteiger partial charge on any atom is -0.465 e. The van der Waals surface area contributed by atoms with Crippen LogP contribution in [-0.4, -0.2) is 40.9 Å². The van der Waals surface area contributed by atoms with Crippen LogP contribution >= 0.6 is 0 Å². The number of hydrogen-bond acceptors (Lipinski definition) is 4. The number of hydrogen-bond donors (Lipinski definition) is 2. The van der Waals surface area contributed by atoms with Gasteiger partial charge in [0.05, 0.1) is 6.61 Å². The molecule has 0 atom stereocenters. The number of amides is 2. The van der Waals surface area contributed by atoms with E-state index in [4.69, 9.17) is 14.6 Å². The Labute approximate surface area is 194 Å². The zero-order valence-electron chi connectivity index (χ0n) is 19.0. The van der Waals surface area contributed by atoms with Gasteiger partial charge >= 0.3 is 6.09 Å². The molecule has 0 bridgehead atoms. The van der Waals surface area contributed by atoms with Crippen molar-refractivity contribution < 1.29 is 24.2 Å². The zero-order chi connectivity index (χ0) is 23.4. The van der Waals surface area contributed by atoms with Gasteiger partial charge in [0.1, 0.15) is 5.75 Å². The summed E-state index contributed by atoms with van der Waals surface area (Å²) in [7, 11) is 0. The van der Waals surface area contributed by atoms with Crippen molar-refractivity contribution in [2.24, 2.45) is 0 Å². The fourth-order valence-corrected chi connectivity index (χ4v) is 4.28. The molecule has 7 nitrogen and oxygen atoms in total. The van der Waals surface area contributed by atoms with Crippen LogP contribution in [0, 0.1) is 0 Å². The fraction of sp³-hybridized carbons (Fsp3) is 0.385. The third-order valence-corrected chi connectivity index (χ3v) is 6.11. The van der Waals surface area contributed by atoms with Crippen LogP contribution in [0.3, 0.4) is 0 Å². The molecule has 2 amide bonds. The molecule has 1 fully saturated rings. The maximum atomic E-state index is 12.7. The number of carbonyl (C=O) groups excluding carboxylic acids is 1. The molecule has 2 aliphatic heterocycles. The largest absolute Gasteiger partial charge is 0.465 e. The summed E-state index contributed by atoms with van der Waals surface area (Å²) in [6.07, 6.45) is 4.21. The average Bonchev–Trinajstić information content (AvgIpc) is 2.80. The Morgan fingerprint density at radius 1 is 1.18 bits per heavy atom. The lowest BCUT2D eigenvalue weighted by molar-refractivity contribution is -0.180. The van der Waals surface area contributed by atoms with Crippen LogP contribution in [0.1, 0.15) is 54.9 Å². The first-order chi connectivity index (χ1) is 15.8. The Morgan fingerprint density at radius 2 is 1.97 bits per heavy atom. The van der Waals surface area contributed by atoms with Crippen LogP contribution in [0.5, 0.6) is 5.75 Å². The lowest BCUT2D eigenvalue weighted by atomic mass is 9.88. The predicted octanol–water partition coefficient (Wildman–Crippen LogP) is 4.52. The van der Waals surface area contributed by atoms with Crippen molar-refractivity contribution in [3.8, 4) is 5.75 Å². The van der Waals surface area contributed by atoms with Gasteiger partial charge in [0.15, 0.2) is 0 Å². The third-order valence-electron chi connectivity index (χ3n) is 6.11. The number of carbonyl (C=O) groups is 2. The van der Waals surface area contributed by atoms with Crippen LogP contribution in [-0.2, 0) is 22.7 Å². The molecule has 2 heterocycles. The SMILES string of the molecule is CC1(C)OCc2ccc(/C=C/C(=O)N3CCC(c4cccc(CNC(=O)O)c4)CC3)cc2O1. The summed E-state index contributed by atoms with van der Waals surface area (Å²) in [5.41, 5.74) is 4.06. The standard InChI is InChI=1S/C26H30N2O5/c1-26(2)32-17-22-8-6-18(15-23(22)33-26)7-9-24(29)28-12-10-20(11-13-28)21-5-3-4-19(14-21)16-27-25(30)31/h3-9,14-15,20,27H,10-13,16-17H2,1-2H3,(H,30,31)/b9-7+. The molecule has 7 heteroatoms.